The summed E-state index contributed by atoms with van der Waals surface area (Å²) in [6, 6.07) is 0. The minimum absolute atomic E-state index is 0. The second kappa shape index (κ2) is 22.5. The van der Waals surface area contributed by atoms with E-state index in [0.29, 0.717) is 0 Å². The van der Waals surface area contributed by atoms with Crippen molar-refractivity contribution < 1.29 is 21.5 Å². The maximum atomic E-state index is 3.95. The Labute approximate surface area is 183 Å². The maximum absolute atomic E-state index is 3.95. The van der Waals surface area contributed by atoms with Gasteiger partial charge in [-0.05, 0) is 32.8 Å². The summed E-state index contributed by atoms with van der Waals surface area (Å²) < 4.78 is 1.24. The van der Waals surface area contributed by atoms with E-state index in [1.165, 1.54) is 127 Å². The molecule has 1 nitrogen and oxygen atoms in total. The fraction of sp³-hybridized carbons (Fsp3) is 0.920. The van der Waals surface area contributed by atoms with E-state index >= 15 is 0 Å². The van der Waals surface area contributed by atoms with E-state index in [0.717, 1.165) is 6.54 Å². The highest BCUT2D eigenvalue weighted by Crippen LogP contribution is 2.15. The first-order valence-corrected chi connectivity index (χ1v) is 12.2. The van der Waals surface area contributed by atoms with Crippen molar-refractivity contribution in [1.82, 2.24) is 0 Å². The fourth-order valence-electron chi connectivity index (χ4n) is 4.16. The standard InChI is InChI=1S/C25H52N.BrH/c1-5-9-10-11-12-13-14-15-16-17-18-19-20-21-22-23-25-26(7-3,8-4)24-6-2;/h6H,2,5,7-25H2,1,3-4H3;1H/q+1;/p-1. The molecule has 27 heavy (non-hydrogen) atoms. The highest BCUT2D eigenvalue weighted by atomic mass is 79.9. The third kappa shape index (κ3) is 18.0. The second-order valence-electron chi connectivity index (χ2n) is 8.47. The molecule has 0 saturated carbocycles. The lowest BCUT2D eigenvalue weighted by Crippen LogP contribution is -3.00. The summed E-state index contributed by atoms with van der Waals surface area (Å²) in [6.45, 7) is 15.9. The third-order valence-corrected chi connectivity index (χ3v) is 6.34. The van der Waals surface area contributed by atoms with Gasteiger partial charge in [0.1, 0.15) is 0 Å². The van der Waals surface area contributed by atoms with Crippen LogP contribution in [-0.2, 0) is 0 Å². The molecule has 0 atom stereocenters. The highest BCUT2D eigenvalue weighted by molar-refractivity contribution is 4.66. The average Bonchev–Trinajstić information content (AvgIpc) is 2.66. The van der Waals surface area contributed by atoms with Crippen molar-refractivity contribution in [1.29, 1.82) is 0 Å². The maximum Gasteiger partial charge on any atom is 0.0970 e. The number of rotatable bonds is 21. The molecule has 0 saturated heterocycles. The number of quaternary nitrogens is 1. The van der Waals surface area contributed by atoms with Crippen molar-refractivity contribution in [2.24, 2.45) is 0 Å². The van der Waals surface area contributed by atoms with Crippen LogP contribution in [0.3, 0.4) is 0 Å². The van der Waals surface area contributed by atoms with Crippen LogP contribution in [0.5, 0.6) is 0 Å². The Hall–Kier alpha value is 0.180. The minimum Gasteiger partial charge on any atom is -1.00 e. The van der Waals surface area contributed by atoms with Crippen LogP contribution in [0, 0.1) is 0 Å². The molecule has 0 fully saturated rings. The van der Waals surface area contributed by atoms with Gasteiger partial charge in [-0.3, -0.25) is 0 Å². The zero-order valence-electron chi connectivity index (χ0n) is 19.3. The van der Waals surface area contributed by atoms with Crippen LogP contribution in [0.4, 0.5) is 0 Å². The minimum atomic E-state index is 0. The van der Waals surface area contributed by atoms with E-state index in [-0.39, 0.29) is 17.0 Å². The normalized spacial score (nSPS) is 11.4. The van der Waals surface area contributed by atoms with Crippen LogP contribution in [0.25, 0.3) is 0 Å². The predicted octanol–water partition coefficient (Wildman–Crippen LogP) is 5.29. The Morgan fingerprint density at radius 3 is 1.19 bits per heavy atom. The molecule has 0 aliphatic carbocycles. The van der Waals surface area contributed by atoms with E-state index in [2.05, 4.69) is 33.4 Å². The van der Waals surface area contributed by atoms with Crippen LogP contribution in [0.1, 0.15) is 124 Å². The van der Waals surface area contributed by atoms with E-state index < -0.39 is 0 Å². The third-order valence-electron chi connectivity index (χ3n) is 6.34. The van der Waals surface area contributed by atoms with Gasteiger partial charge in [0.05, 0.1) is 26.2 Å². The summed E-state index contributed by atoms with van der Waals surface area (Å²) in [5.74, 6) is 0. The smallest absolute Gasteiger partial charge is 0.0970 e. The van der Waals surface area contributed by atoms with Crippen molar-refractivity contribution in [2.75, 3.05) is 26.2 Å². The number of unbranched alkanes of at least 4 members (excludes halogenated alkanes) is 15. The zero-order chi connectivity index (χ0) is 19.3. The molecule has 0 radical (unpaired) electrons. The first-order valence-electron chi connectivity index (χ1n) is 12.2. The molecule has 0 aromatic rings. The van der Waals surface area contributed by atoms with Crippen LogP contribution >= 0.6 is 0 Å². The number of nitrogens with zero attached hydrogens (tertiary/aromatic N) is 1. The largest absolute Gasteiger partial charge is 1.00 e. The van der Waals surface area contributed by atoms with E-state index in [9.17, 15) is 0 Å². The molecule has 164 valence electrons. The first kappa shape index (κ1) is 29.4. The highest BCUT2D eigenvalue weighted by Gasteiger charge is 2.20. The van der Waals surface area contributed by atoms with Crippen molar-refractivity contribution in [3.63, 3.8) is 0 Å². The van der Waals surface area contributed by atoms with Crippen molar-refractivity contribution in [3.8, 4) is 0 Å². The Morgan fingerprint density at radius 2 is 0.889 bits per heavy atom. The van der Waals surface area contributed by atoms with E-state index in [1.54, 1.807) is 0 Å². The van der Waals surface area contributed by atoms with Crippen molar-refractivity contribution in [3.05, 3.63) is 12.7 Å². The van der Waals surface area contributed by atoms with Crippen molar-refractivity contribution >= 4 is 0 Å². The van der Waals surface area contributed by atoms with Gasteiger partial charge >= 0.3 is 0 Å². The number of likely N-dealkylation sites (N-methyl/N-ethyl adjacent to an activating group) is 1. The molecular weight excluding hydrogens is 394 g/mol. The number of hydrogen-bond donors (Lipinski definition) is 0. The van der Waals surface area contributed by atoms with Crippen LogP contribution in [0.15, 0.2) is 12.7 Å². The molecule has 0 aromatic heterocycles. The molecule has 0 aliphatic heterocycles. The second-order valence-corrected chi connectivity index (χ2v) is 8.47. The quantitative estimate of drug-likeness (QED) is 0.128. The monoisotopic (exact) mass is 445 g/mol. The van der Waals surface area contributed by atoms with Gasteiger partial charge in [-0.1, -0.05) is 103 Å². The first-order chi connectivity index (χ1) is 12.7. The van der Waals surface area contributed by atoms with Gasteiger partial charge < -0.3 is 21.5 Å². The van der Waals surface area contributed by atoms with E-state index in [1.807, 2.05) is 0 Å². The lowest BCUT2D eigenvalue weighted by molar-refractivity contribution is -0.919. The average molecular weight is 447 g/mol. The molecule has 2 heteroatoms. The predicted molar refractivity (Wildman–Crippen MR) is 121 cm³/mol. The van der Waals surface area contributed by atoms with E-state index in [4.69, 9.17) is 0 Å². The molecule has 0 aromatic carbocycles. The fourth-order valence-corrected chi connectivity index (χ4v) is 4.16. The Morgan fingerprint density at radius 1 is 0.556 bits per heavy atom. The summed E-state index contributed by atoms with van der Waals surface area (Å²) in [7, 11) is 0. The van der Waals surface area contributed by atoms with Gasteiger partial charge in [0.2, 0.25) is 0 Å². The Kier molecular flexibility index (Phi) is 24.5. The van der Waals surface area contributed by atoms with Gasteiger partial charge in [0, 0.05) is 0 Å². The Balaban J connectivity index is 0. The van der Waals surface area contributed by atoms with Gasteiger partial charge in [0.15, 0.2) is 0 Å². The summed E-state index contributed by atoms with van der Waals surface area (Å²) in [4.78, 5) is 0. The van der Waals surface area contributed by atoms with Crippen LogP contribution in [0.2, 0.25) is 0 Å². The lowest BCUT2D eigenvalue weighted by Gasteiger charge is -2.36. The molecule has 0 bridgehead atoms. The molecule has 0 unspecified atom stereocenters. The number of hydrogen-bond acceptors (Lipinski definition) is 0. The molecule has 0 aliphatic rings. The Bertz CT molecular complexity index is 286. The van der Waals surface area contributed by atoms with Crippen LogP contribution < -0.4 is 17.0 Å². The molecule has 0 spiro atoms. The SMILES string of the molecule is C=CC[N+](CC)(CC)CCCCCCCCCCCCCCCCCC.[Br-]. The molecular formula is C25H52BrN. The molecule has 0 rings (SSSR count). The van der Waals surface area contributed by atoms with Gasteiger partial charge in [-0.15, -0.1) is 0 Å². The summed E-state index contributed by atoms with van der Waals surface area (Å²) >= 11 is 0. The summed E-state index contributed by atoms with van der Waals surface area (Å²) in [6.07, 6.45) is 25.4. The molecule has 0 heterocycles. The topological polar surface area (TPSA) is 0 Å². The lowest BCUT2D eigenvalue weighted by atomic mass is 10.0. The van der Waals surface area contributed by atoms with Crippen molar-refractivity contribution in [2.45, 2.75) is 124 Å². The van der Waals surface area contributed by atoms with Crippen LogP contribution in [-0.4, -0.2) is 30.7 Å². The zero-order valence-corrected chi connectivity index (χ0v) is 20.8. The molecule has 0 N–H and O–H groups in total. The number of halogens is 1. The van der Waals surface area contributed by atoms with Gasteiger partial charge in [0.25, 0.3) is 0 Å². The summed E-state index contributed by atoms with van der Waals surface area (Å²) in [5, 5.41) is 0. The van der Waals surface area contributed by atoms with Gasteiger partial charge in [-0.2, -0.15) is 0 Å². The molecule has 0 amide bonds. The van der Waals surface area contributed by atoms with Gasteiger partial charge in [-0.25, -0.2) is 0 Å². The summed E-state index contributed by atoms with van der Waals surface area (Å²) in [5.41, 5.74) is 0.